The third-order valence-electron chi connectivity index (χ3n) is 3.02. The van der Waals surface area contributed by atoms with Gasteiger partial charge in [-0.15, -0.1) is 0 Å². The molecule has 1 aromatic carbocycles. The smallest absolute Gasteiger partial charge is 0.245 e. The highest BCUT2D eigenvalue weighted by Crippen LogP contribution is 2.31. The molecule has 2 N–H and O–H groups in total. The van der Waals surface area contributed by atoms with Crippen LogP contribution in [0.15, 0.2) is 29.0 Å². The lowest BCUT2D eigenvalue weighted by molar-refractivity contribution is 0.401. The van der Waals surface area contributed by atoms with Crippen molar-refractivity contribution in [3.8, 4) is 17.3 Å². The fourth-order valence-corrected chi connectivity index (χ4v) is 2.62. The largest absolute Gasteiger partial charge is 0.496 e. The van der Waals surface area contributed by atoms with Gasteiger partial charge in [0.25, 0.3) is 0 Å². The molecular weight excluding hydrogens is 338 g/mol. The Morgan fingerprint density at radius 2 is 2.00 bits per heavy atom. The summed E-state index contributed by atoms with van der Waals surface area (Å²) in [4.78, 5) is 12.5. The third kappa shape index (κ3) is 2.17. The quantitative estimate of drug-likeness (QED) is 0.779. The van der Waals surface area contributed by atoms with E-state index in [1.54, 1.807) is 11.7 Å². The number of hydrogen-bond acceptors (Lipinski definition) is 6. The van der Waals surface area contributed by atoms with E-state index in [1.807, 2.05) is 18.2 Å². The van der Waals surface area contributed by atoms with Gasteiger partial charge in [-0.05, 0) is 34.1 Å². The van der Waals surface area contributed by atoms with E-state index in [0.29, 0.717) is 23.0 Å². The summed E-state index contributed by atoms with van der Waals surface area (Å²) in [5, 5.41) is 0. The first-order valence-corrected chi connectivity index (χ1v) is 6.82. The van der Waals surface area contributed by atoms with Crippen LogP contribution in [-0.4, -0.2) is 33.7 Å². The first kappa shape index (κ1) is 13.6. The number of nitrogen functional groups attached to an aromatic ring is 1. The Hall–Kier alpha value is -2.35. The predicted molar refractivity (Wildman–Crippen MR) is 81.9 cm³/mol. The van der Waals surface area contributed by atoms with Crippen molar-refractivity contribution in [1.82, 2.24) is 19.5 Å². The molecule has 108 valence electrons. The molecular formula is C13H12BrN5O2. The highest BCUT2D eigenvalue weighted by molar-refractivity contribution is 9.10. The number of ether oxygens (including phenoxy) is 2. The van der Waals surface area contributed by atoms with Crippen molar-refractivity contribution in [2.45, 2.75) is 0 Å². The number of aromatic nitrogens is 4. The molecule has 0 bridgehead atoms. The van der Waals surface area contributed by atoms with E-state index < -0.39 is 0 Å². The van der Waals surface area contributed by atoms with Gasteiger partial charge < -0.3 is 15.2 Å². The van der Waals surface area contributed by atoms with E-state index in [9.17, 15) is 0 Å². The number of methoxy groups -OCH3 is 2. The number of nitrogens with two attached hydrogens (primary N) is 1. The van der Waals surface area contributed by atoms with Gasteiger partial charge in [0.2, 0.25) is 11.8 Å². The van der Waals surface area contributed by atoms with E-state index in [0.717, 1.165) is 15.9 Å². The zero-order valence-electron chi connectivity index (χ0n) is 11.4. The summed E-state index contributed by atoms with van der Waals surface area (Å²) < 4.78 is 12.9. The maximum atomic E-state index is 6.01. The second-order valence-electron chi connectivity index (χ2n) is 4.18. The minimum atomic E-state index is 0.306. The minimum Gasteiger partial charge on any atom is -0.496 e. The molecule has 0 atom stereocenters. The van der Waals surface area contributed by atoms with Crippen molar-refractivity contribution in [2.75, 3.05) is 20.0 Å². The lowest BCUT2D eigenvalue weighted by Gasteiger charge is -2.09. The van der Waals surface area contributed by atoms with E-state index in [-0.39, 0.29) is 0 Å². The van der Waals surface area contributed by atoms with Crippen molar-refractivity contribution < 1.29 is 9.47 Å². The molecule has 2 aromatic heterocycles. The van der Waals surface area contributed by atoms with Gasteiger partial charge in [0, 0.05) is 0 Å². The Balaban J connectivity index is 2.25. The van der Waals surface area contributed by atoms with Gasteiger partial charge in [-0.1, -0.05) is 0 Å². The summed E-state index contributed by atoms with van der Waals surface area (Å²) >= 11 is 3.45. The first-order chi connectivity index (χ1) is 10.2. The maximum Gasteiger partial charge on any atom is 0.245 e. The van der Waals surface area contributed by atoms with Crippen LogP contribution >= 0.6 is 15.9 Å². The predicted octanol–water partition coefficient (Wildman–Crippen LogP) is 2.18. The van der Waals surface area contributed by atoms with E-state index in [2.05, 4.69) is 30.9 Å². The molecule has 3 aromatic rings. The van der Waals surface area contributed by atoms with Gasteiger partial charge in [0.15, 0.2) is 11.2 Å². The molecule has 0 aliphatic heterocycles. The summed E-state index contributed by atoms with van der Waals surface area (Å²) in [6.07, 6.45) is 1.41. The maximum absolute atomic E-state index is 6.01. The van der Waals surface area contributed by atoms with Crippen LogP contribution in [0.5, 0.6) is 11.6 Å². The Morgan fingerprint density at radius 3 is 2.67 bits per heavy atom. The fraction of sp³-hybridized carbons (Fsp3) is 0.154. The molecule has 7 nitrogen and oxygen atoms in total. The van der Waals surface area contributed by atoms with Crippen LogP contribution in [0.2, 0.25) is 0 Å². The third-order valence-corrected chi connectivity index (χ3v) is 3.64. The SMILES string of the molecule is COc1ccc(-n2c(N)nc3c(OC)ncnc32)cc1Br. The van der Waals surface area contributed by atoms with Crippen LogP contribution in [0, 0.1) is 0 Å². The molecule has 0 amide bonds. The molecule has 0 radical (unpaired) electrons. The number of rotatable bonds is 3. The Morgan fingerprint density at radius 1 is 1.19 bits per heavy atom. The number of benzene rings is 1. The molecule has 21 heavy (non-hydrogen) atoms. The molecule has 2 heterocycles. The molecule has 8 heteroatoms. The number of halogens is 1. The topological polar surface area (TPSA) is 88.1 Å². The second-order valence-corrected chi connectivity index (χ2v) is 5.03. The van der Waals surface area contributed by atoms with Crippen molar-refractivity contribution in [2.24, 2.45) is 0 Å². The monoisotopic (exact) mass is 349 g/mol. The van der Waals surface area contributed by atoms with Gasteiger partial charge in [-0.3, -0.25) is 4.57 Å². The molecule has 0 fully saturated rings. The molecule has 0 saturated heterocycles. The first-order valence-electron chi connectivity index (χ1n) is 6.02. The fourth-order valence-electron chi connectivity index (χ4n) is 2.09. The van der Waals surface area contributed by atoms with E-state index in [4.69, 9.17) is 15.2 Å². The summed E-state index contributed by atoms with van der Waals surface area (Å²) in [5.41, 5.74) is 7.92. The van der Waals surface area contributed by atoms with Crippen LogP contribution in [0.25, 0.3) is 16.9 Å². The summed E-state index contributed by atoms with van der Waals surface area (Å²) in [6, 6.07) is 5.59. The Kier molecular flexibility index (Phi) is 3.38. The van der Waals surface area contributed by atoms with Crippen LogP contribution in [0.1, 0.15) is 0 Å². The highest BCUT2D eigenvalue weighted by Gasteiger charge is 2.16. The van der Waals surface area contributed by atoms with Crippen molar-refractivity contribution >= 4 is 33.0 Å². The van der Waals surface area contributed by atoms with Crippen LogP contribution in [0.3, 0.4) is 0 Å². The van der Waals surface area contributed by atoms with Crippen LogP contribution in [-0.2, 0) is 0 Å². The number of nitrogens with zero attached hydrogens (tertiary/aromatic N) is 4. The van der Waals surface area contributed by atoms with Gasteiger partial charge >= 0.3 is 0 Å². The highest BCUT2D eigenvalue weighted by atomic mass is 79.9. The standard InChI is InChI=1S/C13H12BrN5O2/c1-20-9-4-3-7(5-8(9)14)19-11-10(18-13(19)15)12(21-2)17-6-16-11/h3-6H,1-2H3,(H2,15,18). The number of hydrogen-bond donors (Lipinski definition) is 1. The van der Waals surface area contributed by atoms with Crippen LogP contribution < -0.4 is 15.2 Å². The minimum absolute atomic E-state index is 0.306. The number of imidazole rings is 1. The second kappa shape index (κ2) is 5.21. The molecule has 0 aliphatic carbocycles. The molecule has 0 spiro atoms. The van der Waals surface area contributed by atoms with Gasteiger partial charge in [-0.2, -0.15) is 4.98 Å². The molecule has 0 aliphatic rings. The average molecular weight is 350 g/mol. The molecule has 0 saturated carbocycles. The van der Waals surface area contributed by atoms with E-state index >= 15 is 0 Å². The number of fused-ring (bicyclic) bond motifs is 1. The van der Waals surface area contributed by atoms with Gasteiger partial charge in [0.1, 0.15) is 12.1 Å². The van der Waals surface area contributed by atoms with Crippen LogP contribution in [0.4, 0.5) is 5.95 Å². The van der Waals surface area contributed by atoms with Gasteiger partial charge in [-0.25, -0.2) is 9.97 Å². The Bertz CT molecular complexity index is 818. The molecule has 3 rings (SSSR count). The lowest BCUT2D eigenvalue weighted by atomic mass is 10.3. The average Bonchev–Trinajstić information content (AvgIpc) is 2.82. The lowest BCUT2D eigenvalue weighted by Crippen LogP contribution is -2.02. The number of anilines is 1. The van der Waals surface area contributed by atoms with Crippen molar-refractivity contribution in [1.29, 1.82) is 0 Å². The zero-order valence-corrected chi connectivity index (χ0v) is 13.0. The summed E-state index contributed by atoms with van der Waals surface area (Å²) in [7, 11) is 3.14. The summed E-state index contributed by atoms with van der Waals surface area (Å²) in [6.45, 7) is 0. The Labute approximate surface area is 128 Å². The molecule has 0 unspecified atom stereocenters. The van der Waals surface area contributed by atoms with Gasteiger partial charge in [0.05, 0.1) is 24.4 Å². The summed E-state index contributed by atoms with van der Waals surface area (Å²) in [5.74, 6) is 1.42. The zero-order chi connectivity index (χ0) is 15.0. The van der Waals surface area contributed by atoms with Crippen molar-refractivity contribution in [3.05, 3.63) is 29.0 Å². The van der Waals surface area contributed by atoms with Crippen molar-refractivity contribution in [3.63, 3.8) is 0 Å². The van der Waals surface area contributed by atoms with E-state index in [1.165, 1.54) is 13.4 Å². The normalized spacial score (nSPS) is 10.8.